The van der Waals surface area contributed by atoms with Crippen molar-refractivity contribution in [3.63, 3.8) is 0 Å². The topological polar surface area (TPSA) is 21.3 Å². The van der Waals surface area contributed by atoms with E-state index in [9.17, 15) is 0 Å². The zero-order valence-corrected chi connectivity index (χ0v) is 10.9. The fraction of sp³-hybridized carbons (Fsp3) is 0.538. The maximum atomic E-state index is 5.88. The molecule has 2 unspecified atom stereocenters. The zero-order valence-electron chi connectivity index (χ0n) is 10.2. The highest BCUT2D eigenvalue weighted by Crippen LogP contribution is 2.22. The molecule has 2 nitrogen and oxygen atoms in total. The molecular formula is C13H20ClNO. The van der Waals surface area contributed by atoms with Crippen molar-refractivity contribution in [3.05, 3.63) is 34.9 Å². The molecule has 0 saturated heterocycles. The van der Waals surface area contributed by atoms with Crippen molar-refractivity contribution in [1.29, 1.82) is 0 Å². The molecule has 1 N–H and O–H groups in total. The lowest BCUT2D eigenvalue weighted by molar-refractivity contribution is 0.0334. The van der Waals surface area contributed by atoms with Crippen LogP contribution in [0.2, 0.25) is 5.02 Å². The zero-order chi connectivity index (χ0) is 12.0. The lowest BCUT2D eigenvalue weighted by Crippen LogP contribution is -2.31. The highest BCUT2D eigenvalue weighted by Gasteiger charge is 2.20. The molecule has 0 aliphatic heterocycles. The second-order valence-corrected chi connectivity index (χ2v) is 4.16. The molecule has 3 heteroatoms. The second kappa shape index (κ2) is 6.89. The smallest absolute Gasteiger partial charge is 0.0766 e. The third-order valence-electron chi connectivity index (χ3n) is 2.70. The van der Waals surface area contributed by atoms with Gasteiger partial charge < -0.3 is 10.1 Å². The molecule has 1 aromatic rings. The van der Waals surface area contributed by atoms with E-state index in [1.165, 1.54) is 5.56 Å². The minimum Gasteiger partial charge on any atom is -0.377 e. The Morgan fingerprint density at radius 3 is 2.31 bits per heavy atom. The Bertz CT molecular complexity index is 299. The molecule has 16 heavy (non-hydrogen) atoms. The van der Waals surface area contributed by atoms with Gasteiger partial charge in [0.1, 0.15) is 0 Å². The number of nitrogens with one attached hydrogen (secondary N) is 1. The Kier molecular flexibility index (Phi) is 5.81. The van der Waals surface area contributed by atoms with E-state index in [0.29, 0.717) is 0 Å². The van der Waals surface area contributed by atoms with Crippen LogP contribution in [0.1, 0.15) is 31.9 Å². The van der Waals surface area contributed by atoms with Crippen LogP contribution < -0.4 is 5.32 Å². The summed E-state index contributed by atoms with van der Waals surface area (Å²) in [6, 6.07) is 8.15. The van der Waals surface area contributed by atoms with E-state index in [2.05, 4.69) is 12.2 Å². The number of benzene rings is 1. The van der Waals surface area contributed by atoms with Crippen LogP contribution in [0.4, 0.5) is 0 Å². The average Bonchev–Trinajstić information content (AvgIpc) is 2.31. The Labute approximate surface area is 103 Å². The highest BCUT2D eigenvalue weighted by atomic mass is 35.5. The van der Waals surface area contributed by atoms with Crippen LogP contribution in [0.15, 0.2) is 24.3 Å². The maximum Gasteiger partial charge on any atom is 0.0766 e. The van der Waals surface area contributed by atoms with Gasteiger partial charge in [0, 0.05) is 11.6 Å². The van der Waals surface area contributed by atoms with Gasteiger partial charge >= 0.3 is 0 Å². The number of likely N-dealkylation sites (N-methyl/N-ethyl adjacent to an activating group) is 1. The van der Waals surface area contributed by atoms with Crippen molar-refractivity contribution in [3.8, 4) is 0 Å². The van der Waals surface area contributed by atoms with Gasteiger partial charge in [-0.1, -0.05) is 30.7 Å². The fourth-order valence-electron chi connectivity index (χ4n) is 1.90. The molecule has 90 valence electrons. The normalized spacial score (nSPS) is 14.8. The predicted octanol–water partition coefficient (Wildman–Crippen LogP) is 3.42. The molecule has 2 atom stereocenters. The van der Waals surface area contributed by atoms with E-state index < -0.39 is 0 Å². The molecule has 0 fully saturated rings. The molecule has 0 radical (unpaired) electrons. The molecule has 0 amide bonds. The van der Waals surface area contributed by atoms with Crippen LogP contribution in [0, 0.1) is 0 Å². The first-order chi connectivity index (χ1) is 7.72. The Hall–Kier alpha value is -0.570. The van der Waals surface area contributed by atoms with Crippen molar-refractivity contribution in [1.82, 2.24) is 5.32 Å². The molecule has 1 rings (SSSR count). The van der Waals surface area contributed by atoms with Crippen LogP contribution in [0.25, 0.3) is 0 Å². The third kappa shape index (κ3) is 3.48. The van der Waals surface area contributed by atoms with Gasteiger partial charge in [0.2, 0.25) is 0 Å². The van der Waals surface area contributed by atoms with E-state index in [0.717, 1.165) is 18.1 Å². The lowest BCUT2D eigenvalue weighted by Gasteiger charge is -2.26. The van der Waals surface area contributed by atoms with Crippen LogP contribution in [-0.4, -0.2) is 19.8 Å². The lowest BCUT2D eigenvalue weighted by atomic mass is 10.00. The van der Waals surface area contributed by atoms with Gasteiger partial charge in [-0.25, -0.2) is 0 Å². The van der Waals surface area contributed by atoms with Gasteiger partial charge in [-0.2, -0.15) is 0 Å². The van der Waals surface area contributed by atoms with Gasteiger partial charge in [0.25, 0.3) is 0 Å². The predicted molar refractivity (Wildman–Crippen MR) is 69.0 cm³/mol. The second-order valence-electron chi connectivity index (χ2n) is 3.72. The number of hydrogen-bond donors (Lipinski definition) is 1. The fourth-order valence-corrected chi connectivity index (χ4v) is 2.03. The summed E-state index contributed by atoms with van der Waals surface area (Å²) < 4.78 is 5.73. The first kappa shape index (κ1) is 13.5. The molecule has 0 saturated carbocycles. The standard InChI is InChI=1S/C13H20ClNO/c1-4-12(16-5-2)13(15-3)10-6-8-11(14)9-7-10/h6-9,12-13,15H,4-5H2,1-3H3. The van der Waals surface area contributed by atoms with Gasteiger partial charge in [-0.05, 0) is 38.1 Å². The van der Waals surface area contributed by atoms with E-state index in [1.54, 1.807) is 0 Å². The monoisotopic (exact) mass is 241 g/mol. The summed E-state index contributed by atoms with van der Waals surface area (Å²) in [4.78, 5) is 0. The van der Waals surface area contributed by atoms with Crippen molar-refractivity contribution >= 4 is 11.6 Å². The summed E-state index contributed by atoms with van der Waals surface area (Å²) in [5.74, 6) is 0. The van der Waals surface area contributed by atoms with Crippen molar-refractivity contribution in [2.75, 3.05) is 13.7 Å². The Morgan fingerprint density at radius 1 is 1.25 bits per heavy atom. The van der Waals surface area contributed by atoms with Gasteiger partial charge in [-0.3, -0.25) is 0 Å². The van der Waals surface area contributed by atoms with Crippen molar-refractivity contribution in [2.45, 2.75) is 32.4 Å². The summed E-state index contributed by atoms with van der Waals surface area (Å²) in [5, 5.41) is 4.07. The highest BCUT2D eigenvalue weighted by molar-refractivity contribution is 6.30. The number of ether oxygens (including phenoxy) is 1. The van der Waals surface area contributed by atoms with E-state index in [1.807, 2.05) is 38.2 Å². The first-order valence-electron chi connectivity index (χ1n) is 5.77. The van der Waals surface area contributed by atoms with E-state index in [-0.39, 0.29) is 12.1 Å². The van der Waals surface area contributed by atoms with Crippen molar-refractivity contribution < 1.29 is 4.74 Å². The van der Waals surface area contributed by atoms with Crippen molar-refractivity contribution in [2.24, 2.45) is 0 Å². The summed E-state index contributed by atoms with van der Waals surface area (Å²) in [5.41, 5.74) is 1.22. The third-order valence-corrected chi connectivity index (χ3v) is 2.95. The molecule has 0 aliphatic carbocycles. The minimum atomic E-state index is 0.205. The molecule has 0 spiro atoms. The molecule has 1 aromatic carbocycles. The number of hydrogen-bond acceptors (Lipinski definition) is 2. The number of halogens is 1. The van der Waals surface area contributed by atoms with Gasteiger partial charge in [0.05, 0.1) is 12.1 Å². The van der Waals surface area contributed by atoms with Crippen LogP contribution in [0.5, 0.6) is 0 Å². The van der Waals surface area contributed by atoms with Gasteiger partial charge in [-0.15, -0.1) is 0 Å². The van der Waals surface area contributed by atoms with Crippen LogP contribution in [-0.2, 0) is 4.74 Å². The molecule has 0 bridgehead atoms. The molecule has 0 aromatic heterocycles. The maximum absolute atomic E-state index is 5.88. The first-order valence-corrected chi connectivity index (χ1v) is 6.15. The SMILES string of the molecule is CCOC(CC)C(NC)c1ccc(Cl)cc1. The Morgan fingerprint density at radius 2 is 1.88 bits per heavy atom. The largest absolute Gasteiger partial charge is 0.377 e. The minimum absolute atomic E-state index is 0.205. The quantitative estimate of drug-likeness (QED) is 0.824. The van der Waals surface area contributed by atoms with Crippen LogP contribution >= 0.6 is 11.6 Å². The van der Waals surface area contributed by atoms with Crippen LogP contribution in [0.3, 0.4) is 0 Å². The molecule has 0 heterocycles. The van der Waals surface area contributed by atoms with E-state index >= 15 is 0 Å². The molecule has 0 aliphatic rings. The number of rotatable bonds is 6. The molecular weight excluding hydrogens is 222 g/mol. The summed E-state index contributed by atoms with van der Waals surface area (Å²) in [7, 11) is 1.96. The van der Waals surface area contributed by atoms with Gasteiger partial charge in [0.15, 0.2) is 0 Å². The summed E-state index contributed by atoms with van der Waals surface area (Å²) >= 11 is 5.88. The summed E-state index contributed by atoms with van der Waals surface area (Å²) in [6.45, 7) is 4.90. The summed E-state index contributed by atoms with van der Waals surface area (Å²) in [6.07, 6.45) is 1.19. The average molecular weight is 242 g/mol. The van der Waals surface area contributed by atoms with E-state index in [4.69, 9.17) is 16.3 Å². The Balaban J connectivity index is 2.83.